The van der Waals surface area contributed by atoms with Crippen LogP contribution in [0, 0.1) is 0 Å². The van der Waals surface area contributed by atoms with Gasteiger partial charge in [0.05, 0.1) is 17.5 Å². The molecule has 0 saturated heterocycles. The van der Waals surface area contributed by atoms with Crippen molar-refractivity contribution in [2.75, 3.05) is 11.9 Å². The van der Waals surface area contributed by atoms with E-state index in [0.717, 1.165) is 22.8 Å². The second-order valence-corrected chi connectivity index (χ2v) is 8.23. The molecule has 4 nitrogen and oxygen atoms in total. The maximum Gasteiger partial charge on any atom is 0.224 e. The van der Waals surface area contributed by atoms with Crippen LogP contribution in [0.3, 0.4) is 0 Å². The zero-order valence-electron chi connectivity index (χ0n) is 16.9. The molecule has 4 heteroatoms. The van der Waals surface area contributed by atoms with E-state index in [9.17, 15) is 0 Å². The van der Waals surface area contributed by atoms with Gasteiger partial charge in [-0.05, 0) is 49.7 Å². The Morgan fingerprint density at radius 1 is 0.897 bits per heavy atom. The molecule has 0 aromatic heterocycles. The minimum absolute atomic E-state index is 0.193. The van der Waals surface area contributed by atoms with Crippen molar-refractivity contribution in [2.24, 2.45) is 5.16 Å². The minimum Gasteiger partial charge on any atom is -0.457 e. The third-order valence-electron chi connectivity index (χ3n) is 6.32. The van der Waals surface area contributed by atoms with Gasteiger partial charge in [0.2, 0.25) is 5.72 Å². The van der Waals surface area contributed by atoms with Crippen LogP contribution < -0.4 is 9.64 Å². The molecule has 0 fully saturated rings. The van der Waals surface area contributed by atoms with Crippen molar-refractivity contribution in [3.63, 3.8) is 0 Å². The molecule has 0 bridgehead atoms. The van der Waals surface area contributed by atoms with Crippen LogP contribution >= 0.6 is 0 Å². The summed E-state index contributed by atoms with van der Waals surface area (Å²) in [5.41, 5.74) is 3.74. The van der Waals surface area contributed by atoms with Gasteiger partial charge in [-0.1, -0.05) is 53.7 Å². The number of rotatable bonds is 3. The molecule has 2 aliphatic rings. The van der Waals surface area contributed by atoms with Gasteiger partial charge in [-0.25, -0.2) is 0 Å². The number of nitrogens with zero attached hydrogens (tertiary/aromatic N) is 2. The Bertz CT molecular complexity index is 1090. The van der Waals surface area contributed by atoms with Gasteiger partial charge in [0, 0.05) is 18.3 Å². The number of ether oxygens (including phenoxy) is 1. The Hall–Kier alpha value is -3.27. The highest BCUT2D eigenvalue weighted by molar-refractivity contribution is 6.02. The van der Waals surface area contributed by atoms with Gasteiger partial charge in [-0.2, -0.15) is 0 Å². The summed E-state index contributed by atoms with van der Waals surface area (Å²) in [5, 5.41) is 4.54. The second-order valence-electron chi connectivity index (χ2n) is 8.23. The Labute approximate surface area is 171 Å². The highest BCUT2D eigenvalue weighted by Gasteiger charge is 2.61. The molecule has 0 aliphatic carbocycles. The summed E-state index contributed by atoms with van der Waals surface area (Å²) in [7, 11) is 2.10. The summed E-state index contributed by atoms with van der Waals surface area (Å²) >= 11 is 0. The fourth-order valence-electron chi connectivity index (χ4n) is 4.57. The van der Waals surface area contributed by atoms with Crippen molar-refractivity contribution in [2.45, 2.75) is 31.4 Å². The highest BCUT2D eigenvalue weighted by Crippen LogP contribution is 2.55. The van der Waals surface area contributed by atoms with Gasteiger partial charge < -0.3 is 14.5 Å². The lowest BCUT2D eigenvalue weighted by Crippen LogP contribution is -2.54. The first-order valence-corrected chi connectivity index (χ1v) is 9.93. The normalized spacial score (nSPS) is 21.6. The number of benzene rings is 3. The molecular weight excluding hydrogens is 360 g/mol. The molecule has 29 heavy (non-hydrogen) atoms. The van der Waals surface area contributed by atoms with Crippen LogP contribution in [-0.4, -0.2) is 18.5 Å². The number of likely N-dealkylation sites (N-methyl/N-ethyl adjacent to an activating group) is 1. The molecule has 1 spiro atoms. The third-order valence-corrected chi connectivity index (χ3v) is 6.32. The maximum absolute atomic E-state index is 6.21. The summed E-state index contributed by atoms with van der Waals surface area (Å²) in [6.45, 7) is 4.48. The molecule has 0 radical (unpaired) electrons. The van der Waals surface area contributed by atoms with Gasteiger partial charge in [0.25, 0.3) is 0 Å². The van der Waals surface area contributed by atoms with Crippen LogP contribution in [0.25, 0.3) is 0 Å². The number of hydrogen-bond donors (Lipinski definition) is 0. The Kier molecular flexibility index (Phi) is 3.91. The zero-order valence-corrected chi connectivity index (χ0v) is 16.9. The van der Waals surface area contributed by atoms with Crippen LogP contribution in [-0.2, 0) is 10.3 Å². The average molecular weight is 384 g/mol. The number of anilines is 1. The average Bonchev–Trinajstić information content (AvgIpc) is 3.27. The first kappa shape index (κ1) is 17.8. The van der Waals surface area contributed by atoms with E-state index >= 15 is 0 Å². The summed E-state index contributed by atoms with van der Waals surface area (Å²) in [6.07, 6.45) is 0.708. The predicted octanol–water partition coefficient (Wildman–Crippen LogP) is 5.73. The molecule has 2 aliphatic heterocycles. The van der Waals surface area contributed by atoms with Crippen molar-refractivity contribution in [3.05, 3.63) is 90.0 Å². The Morgan fingerprint density at radius 2 is 1.62 bits per heavy atom. The smallest absolute Gasteiger partial charge is 0.224 e. The molecule has 3 aromatic carbocycles. The van der Waals surface area contributed by atoms with Crippen LogP contribution in [0.5, 0.6) is 11.5 Å². The number of para-hydroxylation sites is 2. The highest BCUT2D eigenvalue weighted by atomic mass is 16.7. The summed E-state index contributed by atoms with van der Waals surface area (Å²) in [4.78, 5) is 8.45. The number of fused-ring (bicyclic) bond motifs is 1. The largest absolute Gasteiger partial charge is 0.457 e. The van der Waals surface area contributed by atoms with E-state index in [1.165, 1.54) is 11.3 Å². The van der Waals surface area contributed by atoms with Crippen molar-refractivity contribution in [1.29, 1.82) is 0 Å². The standard InChI is InChI=1S/C25H24N2O2/c1-24(2)21-14-7-8-15-23(21)27(3)25(24)17-22(26-29-25)18-10-9-13-20(16-18)28-19-11-5-4-6-12-19/h4-16H,17H2,1-3H3/t25-/m1/s1. The molecule has 0 amide bonds. The molecule has 3 aromatic rings. The van der Waals surface area contributed by atoms with Gasteiger partial charge in [-0.15, -0.1) is 0 Å². The van der Waals surface area contributed by atoms with Crippen LogP contribution in [0.4, 0.5) is 5.69 Å². The zero-order chi connectivity index (χ0) is 20.1. The van der Waals surface area contributed by atoms with Crippen LogP contribution in [0.1, 0.15) is 31.4 Å². The molecule has 0 unspecified atom stereocenters. The number of hydrogen-bond acceptors (Lipinski definition) is 4. The Balaban J connectivity index is 1.44. The fourth-order valence-corrected chi connectivity index (χ4v) is 4.57. The van der Waals surface area contributed by atoms with E-state index < -0.39 is 5.72 Å². The predicted molar refractivity (Wildman–Crippen MR) is 116 cm³/mol. The lowest BCUT2D eigenvalue weighted by molar-refractivity contribution is -0.0591. The van der Waals surface area contributed by atoms with Crippen molar-refractivity contribution in [3.8, 4) is 11.5 Å². The van der Waals surface area contributed by atoms with Crippen molar-refractivity contribution in [1.82, 2.24) is 0 Å². The van der Waals surface area contributed by atoms with E-state index in [1.807, 2.05) is 48.5 Å². The van der Waals surface area contributed by atoms with Gasteiger partial charge >= 0.3 is 0 Å². The van der Waals surface area contributed by atoms with Crippen molar-refractivity contribution >= 4 is 11.4 Å². The minimum atomic E-state index is -0.525. The van der Waals surface area contributed by atoms with Gasteiger partial charge in [0.15, 0.2) is 0 Å². The SMILES string of the molecule is CN1c2ccccc2C(C)(C)[C@]12CC(c1cccc(Oc3ccccc3)c1)=NO2. The van der Waals surface area contributed by atoms with E-state index in [4.69, 9.17) is 9.57 Å². The van der Waals surface area contributed by atoms with Crippen LogP contribution in [0.15, 0.2) is 84.0 Å². The molecule has 2 heterocycles. The molecule has 5 rings (SSSR count). The number of oxime groups is 1. The quantitative estimate of drug-likeness (QED) is 0.578. The third kappa shape index (κ3) is 2.63. The van der Waals surface area contributed by atoms with Gasteiger partial charge in [-0.3, -0.25) is 0 Å². The van der Waals surface area contributed by atoms with E-state index in [1.54, 1.807) is 0 Å². The first-order chi connectivity index (χ1) is 14.0. The second kappa shape index (κ2) is 6.38. The molecule has 1 atom stereocenters. The van der Waals surface area contributed by atoms with E-state index in [-0.39, 0.29) is 5.41 Å². The lowest BCUT2D eigenvalue weighted by atomic mass is 9.75. The summed E-state index contributed by atoms with van der Waals surface area (Å²) in [5.74, 6) is 1.61. The van der Waals surface area contributed by atoms with Gasteiger partial charge in [0.1, 0.15) is 11.5 Å². The maximum atomic E-state index is 6.21. The van der Waals surface area contributed by atoms with E-state index in [2.05, 4.69) is 61.3 Å². The summed E-state index contributed by atoms with van der Waals surface area (Å²) < 4.78 is 6.00. The van der Waals surface area contributed by atoms with E-state index in [0.29, 0.717) is 6.42 Å². The van der Waals surface area contributed by atoms with Crippen LogP contribution in [0.2, 0.25) is 0 Å². The molecule has 0 N–H and O–H groups in total. The molecule has 146 valence electrons. The first-order valence-electron chi connectivity index (χ1n) is 9.93. The topological polar surface area (TPSA) is 34.1 Å². The molecular formula is C25H24N2O2. The summed E-state index contributed by atoms with van der Waals surface area (Å²) in [6, 6.07) is 26.4. The van der Waals surface area contributed by atoms with Crippen molar-refractivity contribution < 1.29 is 9.57 Å². The fraction of sp³-hybridized carbons (Fsp3) is 0.240. The lowest BCUT2D eigenvalue weighted by Gasteiger charge is -2.40. The Morgan fingerprint density at radius 3 is 2.41 bits per heavy atom. The molecule has 0 saturated carbocycles. The monoisotopic (exact) mass is 384 g/mol.